The molecule has 30 heteroatoms. The molecule has 0 unspecified atom stereocenters. The van der Waals surface area contributed by atoms with Crippen molar-refractivity contribution < 1.29 is 76.9 Å². The molecule has 8 N–H and O–H groups in total. The molecule has 8 atom stereocenters. The van der Waals surface area contributed by atoms with Gasteiger partial charge in [-0.25, -0.2) is 8.78 Å². The molecule has 722 valence electrons. The Labute approximate surface area is 820 Å². The van der Waals surface area contributed by atoms with Gasteiger partial charge in [0.2, 0.25) is 35.4 Å². The topological polar surface area (TPSA) is 334 Å². The van der Waals surface area contributed by atoms with E-state index in [-0.39, 0.29) is 104 Å². The van der Waals surface area contributed by atoms with Gasteiger partial charge >= 0.3 is 0 Å². The lowest BCUT2D eigenvalue weighted by molar-refractivity contribution is -0.144. The van der Waals surface area contributed by atoms with Gasteiger partial charge < -0.3 is 70.4 Å². The summed E-state index contributed by atoms with van der Waals surface area (Å²) in [6.07, 6.45) is 2.73. The number of aliphatic hydroxyl groups excluding tert-OH is 2. The Kier molecular flexibility index (Phi) is 34.0. The first kappa shape index (κ1) is 102. The number of halogens is 3. The number of likely N-dealkylation sites (tertiary alicyclic amines) is 2. The number of aliphatic hydroxyl groups is 2. The van der Waals surface area contributed by atoms with Crippen LogP contribution in [0.1, 0.15) is 131 Å². The largest absolute Gasteiger partial charge is 0.508 e. The van der Waals surface area contributed by atoms with E-state index < -0.39 is 53.1 Å². The molecule has 10 aromatic carbocycles. The van der Waals surface area contributed by atoms with E-state index in [2.05, 4.69) is 37.5 Å². The van der Waals surface area contributed by atoms with Gasteiger partial charge in [0.1, 0.15) is 83.5 Å². The van der Waals surface area contributed by atoms with Gasteiger partial charge in [-0.15, -0.1) is 22.7 Å². The summed E-state index contributed by atoms with van der Waals surface area (Å²) in [5.74, 6) is 1.86. The van der Waals surface area contributed by atoms with Crippen molar-refractivity contribution in [2.24, 2.45) is 10.8 Å². The monoisotopic (exact) mass is 1940 g/mol. The molecule has 4 aromatic heterocycles. The SMILES string of the molecule is Cc1ccc(CC(=O)N[C@H](C(=O)N2C[C@H](O)C[C@H]2C(=O)N[C@@H](C)c2ccc(C#N)cc2)C(C)(C)C)cc1.Cc1ccc(CC(=O)N[C@H](C(=O)N2C[C@H](O)C[C@H]2C(=O)N[C@@H](C)c2ccc(Cl)cc2)C(C)(C)C)cc1.Cc1ccn(CCOc2ccc(Oc3c(-c4ccc(F)cc4)sc4cc(O)ccc34)cc2)n1.Cc1ccn(CCOc2ccc(Oc3c(-c4ccc(F)cc4)sc4cc(O)ccc34)cc2)n1. The third-order valence-corrected chi connectivity index (χ3v) is 26.1. The molecule has 0 saturated carbocycles. The van der Waals surface area contributed by atoms with Crippen molar-refractivity contribution in [3.63, 3.8) is 0 Å². The van der Waals surface area contributed by atoms with Crippen LogP contribution in [0.2, 0.25) is 5.02 Å². The van der Waals surface area contributed by atoms with Gasteiger partial charge in [-0.2, -0.15) is 15.5 Å². The van der Waals surface area contributed by atoms with Crippen molar-refractivity contribution >= 4 is 89.9 Å². The maximum atomic E-state index is 13.7. The van der Waals surface area contributed by atoms with Crippen LogP contribution in [0, 0.1) is 61.5 Å². The number of aryl methyl sites for hydroxylation is 4. The fraction of sp³-hybridized carbons (Fsp3) is 0.294. The summed E-state index contributed by atoms with van der Waals surface area (Å²) in [4.78, 5) is 84.0. The third-order valence-electron chi connectivity index (χ3n) is 23.4. The minimum atomic E-state index is -0.873. The van der Waals surface area contributed by atoms with Crippen LogP contribution >= 0.6 is 34.3 Å². The fourth-order valence-corrected chi connectivity index (χ4v) is 18.3. The average molecular weight is 1940 g/mol. The first-order valence-electron chi connectivity index (χ1n) is 45.7. The van der Waals surface area contributed by atoms with E-state index in [0.717, 1.165) is 97.3 Å². The van der Waals surface area contributed by atoms with E-state index >= 15 is 0 Å². The summed E-state index contributed by atoms with van der Waals surface area (Å²) in [7, 11) is 0. The predicted molar refractivity (Wildman–Crippen MR) is 536 cm³/mol. The number of ether oxygens (including phenoxy) is 4. The second kappa shape index (κ2) is 46.2. The molecule has 0 radical (unpaired) electrons. The van der Waals surface area contributed by atoms with E-state index in [1.807, 2.05) is 238 Å². The van der Waals surface area contributed by atoms with Crippen molar-refractivity contribution in [2.45, 2.75) is 170 Å². The van der Waals surface area contributed by atoms with Crippen LogP contribution in [0.15, 0.2) is 255 Å². The highest BCUT2D eigenvalue weighted by molar-refractivity contribution is 7.23. The van der Waals surface area contributed by atoms with Gasteiger partial charge in [-0.1, -0.05) is 161 Å². The number of β-amino-alcohol motifs (C(OH)–C–C–N with tert-alkyl or cyclic N) is 2. The summed E-state index contributed by atoms with van der Waals surface area (Å²) in [5, 5.41) is 72.2. The average Bonchev–Trinajstić information content (AvgIpc) is 1.62. The number of fused-ring (bicyclic) bond motifs is 2. The Morgan fingerprint density at radius 1 is 0.482 bits per heavy atom. The zero-order chi connectivity index (χ0) is 99.5. The first-order valence-corrected chi connectivity index (χ1v) is 47.7. The van der Waals surface area contributed by atoms with Crippen LogP contribution in [-0.2, 0) is 54.7 Å². The van der Waals surface area contributed by atoms with Gasteiger partial charge in [0.05, 0.1) is 83.0 Å². The molecule has 139 heavy (non-hydrogen) atoms. The second-order valence-electron chi connectivity index (χ2n) is 36.8. The molecule has 6 amide bonds. The highest BCUT2D eigenvalue weighted by atomic mass is 35.5. The highest BCUT2D eigenvalue weighted by Gasteiger charge is 2.47. The zero-order valence-corrected chi connectivity index (χ0v) is 81.8. The lowest BCUT2D eigenvalue weighted by Crippen LogP contribution is -2.58. The van der Waals surface area contributed by atoms with E-state index in [4.69, 9.17) is 35.8 Å². The Balaban J connectivity index is 0.000000156. The van der Waals surface area contributed by atoms with Crippen molar-refractivity contribution in [1.82, 2.24) is 50.6 Å². The summed E-state index contributed by atoms with van der Waals surface area (Å²) < 4.78 is 56.6. The van der Waals surface area contributed by atoms with Crippen molar-refractivity contribution in [3.05, 3.63) is 322 Å². The van der Waals surface area contributed by atoms with Gasteiger partial charge in [0.25, 0.3) is 0 Å². The second-order valence-corrected chi connectivity index (χ2v) is 39.3. The molecule has 25 nitrogen and oxygen atoms in total. The van der Waals surface area contributed by atoms with E-state index in [1.54, 1.807) is 84.9 Å². The summed E-state index contributed by atoms with van der Waals surface area (Å²) in [5.41, 5.74) is 8.53. The van der Waals surface area contributed by atoms with Gasteiger partial charge in [0, 0.05) is 63.5 Å². The van der Waals surface area contributed by atoms with Crippen LogP contribution in [0.3, 0.4) is 0 Å². The van der Waals surface area contributed by atoms with Gasteiger partial charge in [-0.05, 0) is 231 Å². The van der Waals surface area contributed by atoms with Crippen molar-refractivity contribution in [1.29, 1.82) is 5.26 Å². The smallest absolute Gasteiger partial charge is 0.246 e. The molecule has 2 aliphatic heterocycles. The van der Waals surface area contributed by atoms with E-state index in [0.29, 0.717) is 59.9 Å². The maximum Gasteiger partial charge on any atom is 0.246 e. The minimum Gasteiger partial charge on any atom is -0.508 e. The van der Waals surface area contributed by atoms with Crippen LogP contribution in [-0.4, -0.2) is 148 Å². The predicted octanol–water partition coefficient (Wildman–Crippen LogP) is 19.9. The molecule has 0 bridgehead atoms. The third kappa shape index (κ3) is 28.0. The normalized spacial score (nSPS) is 15.4. The van der Waals surface area contributed by atoms with Crippen molar-refractivity contribution in [2.75, 3.05) is 26.3 Å². The first-order chi connectivity index (χ1) is 66.3. The number of carbonyl (C=O) groups is 6. The maximum absolute atomic E-state index is 13.7. The number of aromatic nitrogens is 4. The number of thiophene rings is 2. The molecule has 0 aliphatic carbocycles. The fourth-order valence-electron chi connectivity index (χ4n) is 15.9. The molecule has 16 rings (SSSR count). The number of nitrogens with zero attached hydrogens (tertiary/aromatic N) is 7. The lowest BCUT2D eigenvalue weighted by Gasteiger charge is -2.35. The number of hydrogen-bond donors (Lipinski definition) is 8. The number of aromatic hydroxyl groups is 2. The highest BCUT2D eigenvalue weighted by Crippen LogP contribution is 2.49. The standard InChI is InChI=1S/C29H36N4O4.C28H36ClN3O4.2C26H21FN2O3S/c1-18-6-8-20(9-7-18)14-25(35)32-26(29(3,4)5)28(37)33-17-23(34)15-24(33)27(36)31-19(2)22-12-10-21(16-30)11-13-22;1-17-6-8-19(9-7-17)14-24(34)31-25(28(3,4)5)27(36)32-16-22(33)15-23(32)26(35)30-18(2)20-10-12-21(29)13-11-20;2*1-17-12-13-29(28-17)14-15-31-21-7-9-22(10-8-21)32-25-23-11-6-20(30)16-24(23)33-26(25)18-2-4-19(27)5-3-18/h6-13,19,23-24,26,34H,14-15,17H2,1-5H3,(H,31,36)(H,32,35);6-13,18,22-23,25,33H,14-16H2,1-5H3,(H,30,35)(H,31,34);2*2-13,16,30H,14-15H2,1H3/t19-,23+,24-,26+;18-,22+,23-,25+;;/m00../s1. The number of rotatable bonds is 28. The molecule has 14 aromatic rings. The van der Waals surface area contributed by atoms with Crippen LogP contribution in [0.5, 0.6) is 46.0 Å². The summed E-state index contributed by atoms with van der Waals surface area (Å²) >= 11 is 8.94. The minimum absolute atomic E-state index is 0.0164. The number of hydrogen-bond acceptors (Lipinski definition) is 19. The molecule has 2 aliphatic rings. The number of amides is 6. The molecule has 6 heterocycles. The van der Waals surface area contributed by atoms with E-state index in [1.165, 1.54) is 56.7 Å². The number of phenolic OH excluding ortho intramolecular Hbond substituents is 2. The quantitative estimate of drug-likeness (QED) is 0.0226. The van der Waals surface area contributed by atoms with Gasteiger partial charge in [0.15, 0.2) is 11.5 Å². The number of nitrogens with one attached hydrogen (secondary N) is 4. The van der Waals surface area contributed by atoms with Crippen LogP contribution in [0.4, 0.5) is 8.78 Å². The summed E-state index contributed by atoms with van der Waals surface area (Å²) in [6, 6.07) is 69.1. The molecule has 2 fully saturated rings. The Morgan fingerprint density at radius 2 is 0.842 bits per heavy atom. The van der Waals surface area contributed by atoms with Crippen LogP contribution in [0.25, 0.3) is 41.1 Å². The number of phenols is 2. The Morgan fingerprint density at radius 3 is 1.19 bits per heavy atom. The van der Waals surface area contributed by atoms with Crippen molar-refractivity contribution in [3.8, 4) is 72.9 Å². The number of benzene rings is 10. The van der Waals surface area contributed by atoms with E-state index in [9.17, 15) is 58.0 Å². The molecule has 0 spiro atoms. The lowest BCUT2D eigenvalue weighted by atomic mass is 9.85. The number of carbonyl (C=O) groups excluding carboxylic acids is 6. The molecular weight excluding hydrogens is 1820 g/mol. The molecule has 2 saturated heterocycles. The Hall–Kier alpha value is -14.3. The molecular formula is C109H114ClF2N11O14S2. The zero-order valence-electron chi connectivity index (χ0n) is 79.4. The van der Waals surface area contributed by atoms with Gasteiger partial charge in [-0.3, -0.25) is 38.1 Å². The number of nitriles is 1. The Bertz CT molecular complexity index is 6400. The van der Waals surface area contributed by atoms with Crippen LogP contribution < -0.4 is 40.2 Å². The summed E-state index contributed by atoms with van der Waals surface area (Å²) in [6.45, 7) is 25.1.